The van der Waals surface area contributed by atoms with Crippen LogP contribution >= 0.6 is 11.3 Å². The maximum atomic E-state index is 12.5. The van der Waals surface area contributed by atoms with Crippen molar-refractivity contribution >= 4 is 22.9 Å². The molecule has 2 heterocycles. The zero-order valence-corrected chi connectivity index (χ0v) is 14.2. The van der Waals surface area contributed by atoms with Crippen LogP contribution in [-0.2, 0) is 7.05 Å². The highest BCUT2D eigenvalue weighted by Gasteiger charge is 2.16. The van der Waals surface area contributed by atoms with Crippen LogP contribution in [0.1, 0.15) is 25.9 Å². The van der Waals surface area contributed by atoms with Gasteiger partial charge >= 0.3 is 0 Å². The smallest absolute Gasteiger partial charge is 0.267 e. The Balaban J connectivity index is 1.94. The third-order valence-electron chi connectivity index (χ3n) is 3.64. The van der Waals surface area contributed by atoms with Gasteiger partial charge in [-0.25, -0.2) is 4.98 Å². The first-order chi connectivity index (χ1) is 11.0. The second-order valence-corrected chi connectivity index (χ2v) is 6.55. The first kappa shape index (κ1) is 15.4. The van der Waals surface area contributed by atoms with Crippen LogP contribution in [0.4, 0.5) is 5.69 Å². The monoisotopic (exact) mass is 327 g/mol. The Hall–Kier alpha value is -2.54. The molecule has 0 bridgehead atoms. The van der Waals surface area contributed by atoms with Gasteiger partial charge in [-0.15, -0.1) is 21.5 Å². The van der Waals surface area contributed by atoms with Crippen LogP contribution in [0.15, 0.2) is 24.5 Å². The number of aromatic nitrogens is 4. The number of carbonyl (C=O) groups is 1. The van der Waals surface area contributed by atoms with Gasteiger partial charge in [0.1, 0.15) is 11.2 Å². The molecule has 0 saturated carbocycles. The van der Waals surface area contributed by atoms with Gasteiger partial charge in [-0.2, -0.15) is 0 Å². The summed E-state index contributed by atoms with van der Waals surface area (Å²) >= 11 is 1.40. The number of anilines is 1. The number of nitrogens with zero attached hydrogens (tertiary/aromatic N) is 4. The van der Waals surface area contributed by atoms with Crippen molar-refractivity contribution in [2.24, 2.45) is 7.05 Å². The van der Waals surface area contributed by atoms with Crippen LogP contribution in [0.3, 0.4) is 0 Å². The van der Waals surface area contributed by atoms with Gasteiger partial charge in [0.05, 0.1) is 10.7 Å². The summed E-state index contributed by atoms with van der Waals surface area (Å²) in [5, 5.41) is 11.9. The highest BCUT2D eigenvalue weighted by molar-refractivity contribution is 7.13. The lowest BCUT2D eigenvalue weighted by Gasteiger charge is -2.11. The minimum absolute atomic E-state index is 0.133. The molecule has 0 saturated heterocycles. The summed E-state index contributed by atoms with van der Waals surface area (Å²) in [5.74, 6) is 0.634. The summed E-state index contributed by atoms with van der Waals surface area (Å²) < 4.78 is 1.85. The van der Waals surface area contributed by atoms with E-state index in [1.54, 1.807) is 6.33 Å². The van der Waals surface area contributed by atoms with Crippen molar-refractivity contribution < 1.29 is 4.79 Å². The molecule has 1 amide bonds. The normalized spacial score (nSPS) is 10.8. The number of hydrogen-bond donors (Lipinski definition) is 1. The van der Waals surface area contributed by atoms with Crippen molar-refractivity contribution in [3.05, 3.63) is 45.7 Å². The second kappa shape index (κ2) is 5.92. The summed E-state index contributed by atoms with van der Waals surface area (Å²) in [6, 6.07) is 5.75. The Labute approximate surface area is 138 Å². The maximum Gasteiger partial charge on any atom is 0.267 e. The van der Waals surface area contributed by atoms with E-state index < -0.39 is 0 Å². The quantitative estimate of drug-likeness (QED) is 0.802. The molecule has 0 aliphatic rings. The van der Waals surface area contributed by atoms with Crippen molar-refractivity contribution in [3.63, 3.8) is 0 Å². The lowest BCUT2D eigenvalue weighted by molar-refractivity contribution is 0.102. The predicted molar refractivity (Wildman–Crippen MR) is 90.7 cm³/mol. The van der Waals surface area contributed by atoms with Crippen LogP contribution in [0.2, 0.25) is 0 Å². The molecule has 0 fully saturated rings. The van der Waals surface area contributed by atoms with Gasteiger partial charge in [-0.3, -0.25) is 4.79 Å². The van der Waals surface area contributed by atoms with E-state index in [4.69, 9.17) is 0 Å². The molecular formula is C16H17N5OS. The van der Waals surface area contributed by atoms with E-state index in [1.807, 2.05) is 50.6 Å². The SMILES string of the molecule is Cc1nc(C)c(C(=O)Nc2cccc(-c3nncn3C)c2C)s1. The molecule has 7 heteroatoms. The van der Waals surface area contributed by atoms with Crippen molar-refractivity contribution in [2.75, 3.05) is 5.32 Å². The fourth-order valence-electron chi connectivity index (χ4n) is 2.46. The van der Waals surface area contributed by atoms with E-state index in [0.717, 1.165) is 33.3 Å². The van der Waals surface area contributed by atoms with Crippen molar-refractivity contribution in [3.8, 4) is 11.4 Å². The number of rotatable bonds is 3. The van der Waals surface area contributed by atoms with E-state index in [2.05, 4.69) is 20.5 Å². The zero-order valence-electron chi connectivity index (χ0n) is 13.4. The van der Waals surface area contributed by atoms with Gasteiger partial charge < -0.3 is 9.88 Å². The molecule has 0 unspecified atom stereocenters. The molecule has 3 aromatic rings. The van der Waals surface area contributed by atoms with Crippen molar-refractivity contribution in [1.29, 1.82) is 0 Å². The Kier molecular flexibility index (Phi) is 3.96. The number of hydrogen-bond acceptors (Lipinski definition) is 5. The van der Waals surface area contributed by atoms with Gasteiger partial charge in [0, 0.05) is 18.3 Å². The molecule has 3 rings (SSSR count). The molecule has 0 atom stereocenters. The van der Waals surface area contributed by atoms with E-state index in [9.17, 15) is 4.79 Å². The Morgan fingerprint density at radius 1 is 1.26 bits per heavy atom. The lowest BCUT2D eigenvalue weighted by atomic mass is 10.1. The molecule has 118 valence electrons. The molecule has 0 aliphatic heterocycles. The number of benzene rings is 1. The third kappa shape index (κ3) is 2.87. The number of carbonyl (C=O) groups excluding carboxylic acids is 1. The molecule has 0 radical (unpaired) electrons. The zero-order chi connectivity index (χ0) is 16.6. The number of nitrogens with one attached hydrogen (secondary N) is 1. The molecule has 23 heavy (non-hydrogen) atoms. The standard InChI is InChI=1S/C16H17N5OS/c1-9-12(15-20-17-8-21(15)4)6-5-7-13(9)19-16(22)14-10(2)18-11(3)23-14/h5-8H,1-4H3,(H,19,22). The fourth-order valence-corrected chi connectivity index (χ4v) is 3.28. The molecule has 2 aromatic heterocycles. The van der Waals surface area contributed by atoms with Gasteiger partial charge in [-0.05, 0) is 32.4 Å². The van der Waals surface area contributed by atoms with Crippen LogP contribution < -0.4 is 5.32 Å². The average molecular weight is 327 g/mol. The van der Waals surface area contributed by atoms with Gasteiger partial charge in [0.15, 0.2) is 5.82 Å². The minimum Gasteiger partial charge on any atom is -0.321 e. The average Bonchev–Trinajstić information content (AvgIpc) is 3.06. The van der Waals surface area contributed by atoms with Crippen molar-refractivity contribution in [2.45, 2.75) is 20.8 Å². The molecule has 0 spiro atoms. The van der Waals surface area contributed by atoms with Gasteiger partial charge in [0.25, 0.3) is 5.91 Å². The lowest BCUT2D eigenvalue weighted by Crippen LogP contribution is -2.13. The number of aryl methyl sites for hydroxylation is 3. The predicted octanol–water partition coefficient (Wildman–Crippen LogP) is 3.12. The van der Waals surface area contributed by atoms with Crippen LogP contribution in [0.5, 0.6) is 0 Å². The maximum absolute atomic E-state index is 12.5. The minimum atomic E-state index is -0.133. The van der Waals surface area contributed by atoms with Crippen LogP contribution in [0.25, 0.3) is 11.4 Å². The Bertz CT molecular complexity index is 880. The molecule has 6 nitrogen and oxygen atoms in total. The highest BCUT2D eigenvalue weighted by Crippen LogP contribution is 2.28. The highest BCUT2D eigenvalue weighted by atomic mass is 32.1. The Morgan fingerprint density at radius 2 is 2.04 bits per heavy atom. The van der Waals surface area contributed by atoms with Crippen LogP contribution in [-0.4, -0.2) is 25.7 Å². The molecular weight excluding hydrogens is 310 g/mol. The van der Waals surface area contributed by atoms with Crippen molar-refractivity contribution in [1.82, 2.24) is 19.7 Å². The second-order valence-electron chi connectivity index (χ2n) is 5.35. The van der Waals surface area contributed by atoms with E-state index in [-0.39, 0.29) is 5.91 Å². The largest absolute Gasteiger partial charge is 0.321 e. The first-order valence-electron chi connectivity index (χ1n) is 7.16. The summed E-state index contributed by atoms with van der Waals surface area (Å²) in [5.41, 5.74) is 3.42. The summed E-state index contributed by atoms with van der Waals surface area (Å²) in [4.78, 5) is 17.4. The third-order valence-corrected chi connectivity index (χ3v) is 4.72. The van der Waals surface area contributed by atoms with Gasteiger partial charge in [0.2, 0.25) is 0 Å². The molecule has 0 aliphatic carbocycles. The molecule has 1 N–H and O–H groups in total. The number of thiazole rings is 1. The Morgan fingerprint density at radius 3 is 2.65 bits per heavy atom. The van der Waals surface area contributed by atoms with Gasteiger partial charge in [-0.1, -0.05) is 12.1 Å². The summed E-state index contributed by atoms with van der Waals surface area (Å²) in [6.45, 7) is 5.71. The first-order valence-corrected chi connectivity index (χ1v) is 7.98. The van der Waals surface area contributed by atoms with E-state index in [1.165, 1.54) is 11.3 Å². The van der Waals surface area contributed by atoms with E-state index in [0.29, 0.717) is 4.88 Å². The van der Waals surface area contributed by atoms with E-state index >= 15 is 0 Å². The molecule has 1 aromatic carbocycles. The summed E-state index contributed by atoms with van der Waals surface area (Å²) in [6.07, 6.45) is 1.66. The fraction of sp³-hybridized carbons (Fsp3) is 0.250. The topological polar surface area (TPSA) is 72.7 Å². The number of amides is 1. The van der Waals surface area contributed by atoms with Crippen LogP contribution in [0, 0.1) is 20.8 Å². The summed E-state index contributed by atoms with van der Waals surface area (Å²) in [7, 11) is 1.89.